The molecular weight excluding hydrogens is 382 g/mol. The maximum atomic E-state index is 13.1. The van der Waals surface area contributed by atoms with Gasteiger partial charge < -0.3 is 5.32 Å². The number of carbonyl (C=O) groups is 1. The number of carbonyl (C=O) groups excluding carboxylic acids is 1. The normalized spacial score (nSPS) is 13.3. The van der Waals surface area contributed by atoms with E-state index >= 15 is 0 Å². The molecule has 1 amide bonds. The van der Waals surface area contributed by atoms with Gasteiger partial charge in [0.25, 0.3) is 10.0 Å². The first kappa shape index (κ1) is 17.9. The summed E-state index contributed by atoms with van der Waals surface area (Å²) in [6.07, 6.45) is 3.13. The van der Waals surface area contributed by atoms with Gasteiger partial charge in [-0.3, -0.25) is 4.79 Å². The van der Waals surface area contributed by atoms with Crippen molar-refractivity contribution in [3.8, 4) is 11.4 Å². The Morgan fingerprint density at radius 2 is 1.93 bits per heavy atom. The third-order valence-corrected chi connectivity index (χ3v) is 7.25. The van der Waals surface area contributed by atoms with Crippen LogP contribution in [-0.4, -0.2) is 23.3 Å². The summed E-state index contributed by atoms with van der Waals surface area (Å²) in [7, 11) is -3.71. The van der Waals surface area contributed by atoms with Crippen LogP contribution in [0.4, 0.5) is 5.13 Å². The van der Waals surface area contributed by atoms with Crippen molar-refractivity contribution in [2.24, 2.45) is 5.92 Å². The highest BCUT2D eigenvalue weighted by Crippen LogP contribution is 2.40. The van der Waals surface area contributed by atoms with Crippen LogP contribution in [0.1, 0.15) is 24.3 Å². The van der Waals surface area contributed by atoms with E-state index in [1.54, 1.807) is 36.5 Å². The molecule has 1 N–H and O–H groups in total. The summed E-state index contributed by atoms with van der Waals surface area (Å²) in [4.78, 5) is 17.8. The molecule has 0 spiro atoms. The summed E-state index contributed by atoms with van der Waals surface area (Å²) in [5.41, 5.74) is 2.19. The van der Waals surface area contributed by atoms with Crippen molar-refractivity contribution < 1.29 is 13.2 Å². The second kappa shape index (κ2) is 6.61. The standard InChI is InChI=1S/C19H19N3O3S2/c1-12(2)18(23)21-19-20-16-15(26-19)9-8-13-10-11-22(17(13)16)27(24,25)14-6-4-3-5-7-14/h3-7,10-12H,8-9H2,1-2H3,(H,20,21,23). The lowest BCUT2D eigenvalue weighted by molar-refractivity contribution is -0.118. The van der Waals surface area contributed by atoms with Gasteiger partial charge in [0.1, 0.15) is 5.69 Å². The Balaban J connectivity index is 1.80. The van der Waals surface area contributed by atoms with E-state index in [4.69, 9.17) is 0 Å². The van der Waals surface area contributed by atoms with Crippen molar-refractivity contribution in [1.82, 2.24) is 8.96 Å². The van der Waals surface area contributed by atoms with E-state index in [9.17, 15) is 13.2 Å². The van der Waals surface area contributed by atoms with E-state index in [2.05, 4.69) is 10.3 Å². The lowest BCUT2D eigenvalue weighted by atomic mass is 10.0. The van der Waals surface area contributed by atoms with Gasteiger partial charge >= 0.3 is 0 Å². The first-order valence-corrected chi connectivity index (χ1v) is 11.0. The molecule has 8 heteroatoms. The zero-order valence-corrected chi connectivity index (χ0v) is 16.6. The van der Waals surface area contributed by atoms with Crippen LogP contribution in [-0.2, 0) is 27.7 Å². The lowest BCUT2D eigenvalue weighted by Gasteiger charge is -2.15. The van der Waals surface area contributed by atoms with Crippen LogP contribution >= 0.6 is 11.3 Å². The van der Waals surface area contributed by atoms with Gasteiger partial charge in [-0.15, -0.1) is 11.3 Å². The minimum atomic E-state index is -3.71. The summed E-state index contributed by atoms with van der Waals surface area (Å²) in [6.45, 7) is 3.64. The molecule has 0 atom stereocenters. The number of thiazole rings is 1. The zero-order chi connectivity index (χ0) is 19.2. The smallest absolute Gasteiger partial charge is 0.268 e. The first-order chi connectivity index (χ1) is 12.9. The molecule has 0 saturated heterocycles. The number of aromatic nitrogens is 2. The number of hydrogen-bond donors (Lipinski definition) is 1. The summed E-state index contributed by atoms with van der Waals surface area (Å²) in [5.74, 6) is -0.252. The Kier molecular flexibility index (Phi) is 4.39. The topological polar surface area (TPSA) is 81.1 Å². The zero-order valence-electron chi connectivity index (χ0n) is 15.0. The third kappa shape index (κ3) is 3.08. The van der Waals surface area contributed by atoms with E-state index < -0.39 is 10.0 Å². The Morgan fingerprint density at radius 3 is 2.63 bits per heavy atom. The maximum absolute atomic E-state index is 13.1. The molecule has 2 aromatic heterocycles. The largest absolute Gasteiger partial charge is 0.302 e. The Morgan fingerprint density at radius 1 is 1.19 bits per heavy atom. The quantitative estimate of drug-likeness (QED) is 0.725. The minimum Gasteiger partial charge on any atom is -0.302 e. The highest BCUT2D eigenvalue weighted by Gasteiger charge is 2.29. The van der Waals surface area contributed by atoms with Gasteiger partial charge in [-0.2, -0.15) is 0 Å². The fourth-order valence-electron chi connectivity index (χ4n) is 3.07. The summed E-state index contributed by atoms with van der Waals surface area (Å²) in [5, 5.41) is 3.33. The van der Waals surface area contributed by atoms with Crippen LogP contribution in [0.15, 0.2) is 47.5 Å². The number of benzene rings is 1. The Bertz CT molecular complexity index is 1110. The number of rotatable bonds is 4. The van der Waals surface area contributed by atoms with Crippen LogP contribution in [0, 0.1) is 5.92 Å². The average Bonchev–Trinajstić information content (AvgIpc) is 3.25. The number of nitrogens with one attached hydrogen (secondary N) is 1. The Hall–Kier alpha value is -2.45. The molecule has 27 heavy (non-hydrogen) atoms. The van der Waals surface area contributed by atoms with Gasteiger partial charge in [-0.1, -0.05) is 32.0 Å². The molecule has 1 aliphatic carbocycles. The summed E-state index contributed by atoms with van der Waals surface area (Å²) < 4.78 is 27.5. The lowest BCUT2D eigenvalue weighted by Crippen LogP contribution is -2.17. The van der Waals surface area contributed by atoms with Crippen molar-refractivity contribution in [2.75, 3.05) is 5.32 Å². The minimum absolute atomic E-state index is 0.103. The van der Waals surface area contributed by atoms with E-state index in [0.29, 0.717) is 16.5 Å². The molecule has 0 fully saturated rings. The number of aryl methyl sites for hydroxylation is 2. The van der Waals surface area contributed by atoms with E-state index in [1.807, 2.05) is 19.9 Å². The molecular formula is C19H19N3O3S2. The molecule has 140 valence electrons. The van der Waals surface area contributed by atoms with Gasteiger partial charge in [0, 0.05) is 17.0 Å². The van der Waals surface area contributed by atoms with Gasteiger partial charge in [0.2, 0.25) is 5.91 Å². The van der Waals surface area contributed by atoms with Gasteiger partial charge in [-0.05, 0) is 36.6 Å². The number of fused-ring (bicyclic) bond motifs is 3. The fourth-order valence-corrected chi connectivity index (χ4v) is 5.43. The molecule has 3 aromatic rings. The second-order valence-corrected chi connectivity index (χ2v) is 9.64. The summed E-state index contributed by atoms with van der Waals surface area (Å²) in [6, 6.07) is 10.2. The van der Waals surface area contributed by atoms with Crippen LogP contribution in [0.2, 0.25) is 0 Å². The average molecular weight is 402 g/mol. The molecule has 6 nitrogen and oxygen atoms in total. The van der Waals surface area contributed by atoms with E-state index in [1.165, 1.54) is 15.3 Å². The predicted octanol–water partition coefficient (Wildman–Crippen LogP) is 3.54. The second-order valence-electron chi connectivity index (χ2n) is 6.74. The molecule has 0 saturated carbocycles. The van der Waals surface area contributed by atoms with Crippen LogP contribution < -0.4 is 5.32 Å². The van der Waals surface area contributed by atoms with Crippen LogP contribution in [0.5, 0.6) is 0 Å². The SMILES string of the molecule is CC(C)C(=O)Nc1nc2c(s1)CCc1ccn(S(=O)(=O)c3ccccc3)c1-2. The van der Waals surface area contributed by atoms with Gasteiger partial charge in [0.15, 0.2) is 5.13 Å². The monoisotopic (exact) mass is 401 g/mol. The van der Waals surface area contributed by atoms with E-state index in [-0.39, 0.29) is 16.7 Å². The highest BCUT2D eigenvalue weighted by molar-refractivity contribution is 7.90. The number of anilines is 1. The predicted molar refractivity (Wildman–Crippen MR) is 105 cm³/mol. The fraction of sp³-hybridized carbons (Fsp3) is 0.263. The molecule has 1 aliphatic rings. The highest BCUT2D eigenvalue weighted by atomic mass is 32.2. The van der Waals surface area contributed by atoms with Crippen molar-refractivity contribution in [3.63, 3.8) is 0 Å². The third-order valence-electron chi connectivity index (χ3n) is 4.53. The van der Waals surface area contributed by atoms with Crippen molar-refractivity contribution in [1.29, 1.82) is 0 Å². The number of amides is 1. The summed E-state index contributed by atoms with van der Waals surface area (Å²) >= 11 is 1.41. The molecule has 0 bridgehead atoms. The maximum Gasteiger partial charge on any atom is 0.268 e. The van der Waals surface area contributed by atoms with Crippen molar-refractivity contribution in [2.45, 2.75) is 31.6 Å². The molecule has 0 radical (unpaired) electrons. The molecule has 4 rings (SSSR count). The van der Waals surface area contributed by atoms with Crippen molar-refractivity contribution >= 4 is 32.4 Å². The Labute approximate surface area is 161 Å². The molecule has 1 aromatic carbocycles. The number of hydrogen-bond acceptors (Lipinski definition) is 5. The van der Waals surface area contributed by atoms with Gasteiger partial charge in [0.05, 0.1) is 10.6 Å². The van der Waals surface area contributed by atoms with Crippen molar-refractivity contribution in [3.05, 3.63) is 53.0 Å². The molecule has 0 unspecified atom stereocenters. The molecule has 2 heterocycles. The van der Waals surface area contributed by atoms with Crippen LogP contribution in [0.3, 0.4) is 0 Å². The molecule has 0 aliphatic heterocycles. The first-order valence-electron chi connectivity index (χ1n) is 8.69. The van der Waals surface area contributed by atoms with E-state index in [0.717, 1.165) is 23.3 Å². The van der Waals surface area contributed by atoms with Gasteiger partial charge in [-0.25, -0.2) is 17.4 Å². The van der Waals surface area contributed by atoms with Crippen LogP contribution in [0.25, 0.3) is 11.4 Å². The number of nitrogens with zero attached hydrogens (tertiary/aromatic N) is 2.